The largest absolute Gasteiger partial charge is 0.490 e. The lowest BCUT2D eigenvalue weighted by molar-refractivity contribution is -0.147. The standard InChI is InChI=1S/C20H20Cl3NO5/c1-2-27-16-6-3-4-7-17(16)28-9-5-8-19(26)29-12-18(25)24-20-14(22)10-13(21)11-15(20)23/h3-4,6-7,10-11H,2,5,8-9,12H2,1H3,(H,24,25). The quantitative estimate of drug-likeness (QED) is 0.380. The van der Waals surface area contributed by atoms with Gasteiger partial charge in [0.1, 0.15) is 0 Å². The van der Waals surface area contributed by atoms with Gasteiger partial charge in [-0.25, -0.2) is 0 Å². The zero-order valence-corrected chi connectivity index (χ0v) is 17.9. The summed E-state index contributed by atoms with van der Waals surface area (Å²) in [5, 5.41) is 3.21. The van der Waals surface area contributed by atoms with Gasteiger partial charge in [-0.15, -0.1) is 0 Å². The Morgan fingerprint density at radius 2 is 1.62 bits per heavy atom. The van der Waals surface area contributed by atoms with E-state index in [9.17, 15) is 9.59 Å². The molecule has 0 radical (unpaired) electrons. The van der Waals surface area contributed by atoms with E-state index in [0.29, 0.717) is 36.2 Å². The molecular weight excluding hydrogens is 441 g/mol. The van der Waals surface area contributed by atoms with Crippen LogP contribution in [0.5, 0.6) is 11.5 Å². The van der Waals surface area contributed by atoms with Gasteiger partial charge in [-0.05, 0) is 37.6 Å². The summed E-state index contributed by atoms with van der Waals surface area (Å²) in [7, 11) is 0. The third-order valence-corrected chi connectivity index (χ3v) is 4.38. The minimum absolute atomic E-state index is 0.104. The van der Waals surface area contributed by atoms with Crippen LogP contribution in [0.3, 0.4) is 0 Å². The van der Waals surface area contributed by atoms with Gasteiger partial charge < -0.3 is 19.5 Å². The van der Waals surface area contributed by atoms with Crippen LogP contribution in [-0.2, 0) is 14.3 Å². The SMILES string of the molecule is CCOc1ccccc1OCCCC(=O)OCC(=O)Nc1c(Cl)cc(Cl)cc1Cl. The molecule has 0 saturated heterocycles. The lowest BCUT2D eigenvalue weighted by Gasteiger charge is -2.12. The van der Waals surface area contributed by atoms with Gasteiger partial charge in [0.15, 0.2) is 18.1 Å². The summed E-state index contributed by atoms with van der Waals surface area (Å²) in [4.78, 5) is 23.8. The average Bonchev–Trinajstić information content (AvgIpc) is 2.68. The molecule has 6 nitrogen and oxygen atoms in total. The van der Waals surface area contributed by atoms with E-state index < -0.39 is 18.5 Å². The Hall–Kier alpha value is -2.15. The lowest BCUT2D eigenvalue weighted by atomic mass is 10.3. The van der Waals surface area contributed by atoms with Crippen molar-refractivity contribution in [2.24, 2.45) is 0 Å². The maximum absolute atomic E-state index is 11.9. The Labute approximate surface area is 184 Å². The van der Waals surface area contributed by atoms with E-state index in [2.05, 4.69) is 5.32 Å². The Kier molecular flexibility index (Phi) is 9.38. The first-order chi connectivity index (χ1) is 13.9. The van der Waals surface area contributed by atoms with Gasteiger partial charge in [0.2, 0.25) is 0 Å². The fourth-order valence-corrected chi connectivity index (χ4v) is 3.21. The molecule has 2 aromatic carbocycles. The Balaban J connectivity index is 1.70. The number of anilines is 1. The van der Waals surface area contributed by atoms with E-state index in [0.717, 1.165) is 0 Å². The van der Waals surface area contributed by atoms with E-state index in [4.69, 9.17) is 49.0 Å². The lowest BCUT2D eigenvalue weighted by Crippen LogP contribution is -2.21. The predicted molar refractivity (Wildman–Crippen MR) is 113 cm³/mol. The Morgan fingerprint density at radius 3 is 2.24 bits per heavy atom. The number of amides is 1. The number of ether oxygens (including phenoxy) is 3. The highest BCUT2D eigenvalue weighted by molar-refractivity contribution is 6.42. The molecule has 0 bridgehead atoms. The first-order valence-electron chi connectivity index (χ1n) is 8.85. The number of carbonyl (C=O) groups is 2. The second-order valence-electron chi connectivity index (χ2n) is 5.79. The van der Waals surface area contributed by atoms with E-state index in [1.807, 2.05) is 25.1 Å². The molecule has 0 heterocycles. The van der Waals surface area contributed by atoms with Crippen LogP contribution in [0.25, 0.3) is 0 Å². The van der Waals surface area contributed by atoms with Crippen molar-refractivity contribution in [3.8, 4) is 11.5 Å². The third-order valence-electron chi connectivity index (χ3n) is 3.57. The molecule has 0 aliphatic carbocycles. The van der Waals surface area contributed by atoms with Crippen molar-refractivity contribution in [3.05, 3.63) is 51.5 Å². The highest BCUT2D eigenvalue weighted by Gasteiger charge is 2.13. The number of para-hydroxylation sites is 2. The average molecular weight is 461 g/mol. The van der Waals surface area contributed by atoms with Gasteiger partial charge >= 0.3 is 5.97 Å². The number of esters is 1. The molecule has 1 N–H and O–H groups in total. The zero-order chi connectivity index (χ0) is 21.2. The normalized spacial score (nSPS) is 10.3. The minimum Gasteiger partial charge on any atom is -0.490 e. The molecule has 1 amide bonds. The van der Waals surface area contributed by atoms with Crippen LogP contribution in [0.2, 0.25) is 15.1 Å². The molecule has 0 fully saturated rings. The summed E-state index contributed by atoms with van der Waals surface area (Å²) in [6.07, 6.45) is 0.530. The summed E-state index contributed by atoms with van der Waals surface area (Å²) in [6, 6.07) is 10.2. The van der Waals surface area contributed by atoms with E-state index in [1.165, 1.54) is 12.1 Å². The van der Waals surface area contributed by atoms with Crippen molar-refractivity contribution in [1.82, 2.24) is 0 Å². The van der Waals surface area contributed by atoms with Crippen molar-refractivity contribution in [2.75, 3.05) is 25.1 Å². The second kappa shape index (κ2) is 11.8. The van der Waals surface area contributed by atoms with Crippen molar-refractivity contribution in [1.29, 1.82) is 0 Å². The van der Waals surface area contributed by atoms with Crippen LogP contribution in [0.4, 0.5) is 5.69 Å². The summed E-state index contributed by atoms with van der Waals surface area (Å²) in [6.45, 7) is 2.27. The van der Waals surface area contributed by atoms with Crippen LogP contribution in [-0.4, -0.2) is 31.7 Å². The molecule has 0 saturated carbocycles. The van der Waals surface area contributed by atoms with Crippen molar-refractivity contribution in [3.63, 3.8) is 0 Å². The molecule has 29 heavy (non-hydrogen) atoms. The van der Waals surface area contributed by atoms with Crippen LogP contribution in [0.1, 0.15) is 19.8 Å². The predicted octanol–water partition coefficient (Wildman–Crippen LogP) is 5.39. The van der Waals surface area contributed by atoms with Gasteiger partial charge in [0.25, 0.3) is 5.91 Å². The molecule has 156 valence electrons. The molecule has 2 rings (SSSR count). The van der Waals surface area contributed by atoms with Crippen molar-refractivity contribution < 1.29 is 23.8 Å². The molecule has 0 aliphatic heterocycles. The van der Waals surface area contributed by atoms with Gasteiger partial charge in [-0.3, -0.25) is 9.59 Å². The van der Waals surface area contributed by atoms with Gasteiger partial charge in [-0.1, -0.05) is 46.9 Å². The van der Waals surface area contributed by atoms with E-state index in [1.54, 1.807) is 6.07 Å². The molecule has 0 atom stereocenters. The highest BCUT2D eigenvalue weighted by atomic mass is 35.5. The number of hydrogen-bond acceptors (Lipinski definition) is 5. The molecule has 0 aromatic heterocycles. The number of halogens is 3. The van der Waals surface area contributed by atoms with Crippen LogP contribution >= 0.6 is 34.8 Å². The molecule has 2 aromatic rings. The summed E-state index contributed by atoms with van der Waals surface area (Å²) in [5.74, 6) is 0.175. The third kappa shape index (κ3) is 7.65. The van der Waals surface area contributed by atoms with Crippen LogP contribution < -0.4 is 14.8 Å². The molecular formula is C20H20Cl3NO5. The van der Waals surface area contributed by atoms with Gasteiger partial charge in [-0.2, -0.15) is 0 Å². The number of nitrogens with one attached hydrogen (secondary N) is 1. The number of rotatable bonds is 10. The topological polar surface area (TPSA) is 73.9 Å². The Bertz CT molecular complexity index is 837. The highest BCUT2D eigenvalue weighted by Crippen LogP contribution is 2.33. The maximum atomic E-state index is 11.9. The zero-order valence-electron chi connectivity index (χ0n) is 15.7. The first kappa shape index (κ1) is 23.1. The van der Waals surface area contributed by atoms with Crippen molar-refractivity contribution >= 4 is 52.4 Å². The number of benzene rings is 2. The van der Waals surface area contributed by atoms with Gasteiger partial charge in [0, 0.05) is 11.4 Å². The maximum Gasteiger partial charge on any atom is 0.306 e. The molecule has 0 spiro atoms. The monoisotopic (exact) mass is 459 g/mol. The molecule has 0 unspecified atom stereocenters. The molecule has 9 heteroatoms. The van der Waals surface area contributed by atoms with Crippen LogP contribution in [0.15, 0.2) is 36.4 Å². The van der Waals surface area contributed by atoms with Crippen LogP contribution in [0, 0.1) is 0 Å². The summed E-state index contributed by atoms with van der Waals surface area (Å²) in [5.41, 5.74) is 0.208. The smallest absolute Gasteiger partial charge is 0.306 e. The van der Waals surface area contributed by atoms with E-state index >= 15 is 0 Å². The fraction of sp³-hybridized carbons (Fsp3) is 0.300. The summed E-state index contributed by atoms with van der Waals surface area (Å²) >= 11 is 17.8. The fourth-order valence-electron chi connectivity index (χ4n) is 2.30. The minimum atomic E-state index is -0.564. The number of carbonyl (C=O) groups excluding carboxylic acids is 2. The molecule has 0 aliphatic rings. The van der Waals surface area contributed by atoms with Crippen molar-refractivity contribution in [2.45, 2.75) is 19.8 Å². The van der Waals surface area contributed by atoms with Gasteiger partial charge in [0.05, 0.1) is 28.9 Å². The number of hydrogen-bond donors (Lipinski definition) is 1. The first-order valence-corrected chi connectivity index (χ1v) is 9.98. The van der Waals surface area contributed by atoms with E-state index in [-0.39, 0.29) is 22.2 Å². The summed E-state index contributed by atoms with van der Waals surface area (Å²) < 4.78 is 16.0. The second-order valence-corrected chi connectivity index (χ2v) is 7.04. The Morgan fingerprint density at radius 1 is 1.00 bits per heavy atom.